The van der Waals surface area contributed by atoms with Gasteiger partial charge >= 0.3 is 0 Å². The summed E-state index contributed by atoms with van der Waals surface area (Å²) in [5.41, 5.74) is 1.69. The first-order valence-electron chi connectivity index (χ1n) is 6.66. The van der Waals surface area contributed by atoms with E-state index in [0.29, 0.717) is 6.54 Å². The van der Waals surface area contributed by atoms with Crippen molar-refractivity contribution in [3.63, 3.8) is 0 Å². The van der Waals surface area contributed by atoms with Crippen molar-refractivity contribution in [1.29, 1.82) is 0 Å². The third kappa shape index (κ3) is 4.10. The molecule has 1 aromatic heterocycles. The lowest BCUT2D eigenvalue weighted by Gasteiger charge is -2.23. The van der Waals surface area contributed by atoms with Crippen LogP contribution in [0.3, 0.4) is 0 Å². The summed E-state index contributed by atoms with van der Waals surface area (Å²) in [4.78, 5) is 18.3. The molecule has 1 N–H and O–H groups in total. The molecule has 1 unspecified atom stereocenters. The van der Waals surface area contributed by atoms with E-state index < -0.39 is 6.04 Å². The van der Waals surface area contributed by atoms with Gasteiger partial charge in [-0.3, -0.25) is 14.7 Å². The first-order chi connectivity index (χ1) is 10.1. The Morgan fingerprint density at radius 2 is 2.00 bits per heavy atom. The number of pyridine rings is 1. The van der Waals surface area contributed by atoms with E-state index in [1.54, 1.807) is 30.6 Å². The topological polar surface area (TPSA) is 45.2 Å². The van der Waals surface area contributed by atoms with Gasteiger partial charge in [0, 0.05) is 18.9 Å². The van der Waals surface area contributed by atoms with Crippen LogP contribution in [0.15, 0.2) is 48.8 Å². The van der Waals surface area contributed by atoms with E-state index in [-0.39, 0.29) is 11.7 Å². The second kappa shape index (κ2) is 6.95. The number of aromatic nitrogens is 1. The highest BCUT2D eigenvalue weighted by Gasteiger charge is 2.22. The maximum atomic E-state index is 12.8. The molecule has 1 aromatic carbocycles. The van der Waals surface area contributed by atoms with Crippen molar-refractivity contribution in [2.75, 3.05) is 14.1 Å². The maximum absolute atomic E-state index is 12.8. The number of carbonyl (C=O) groups is 1. The number of nitrogens with one attached hydrogen (secondary N) is 1. The number of benzene rings is 1. The van der Waals surface area contributed by atoms with Gasteiger partial charge in [-0.15, -0.1) is 0 Å². The standard InChI is InChI=1S/C16H18FN3O/c1-20(2)15(13-4-3-9-18-11-13)16(21)19-10-12-5-7-14(17)8-6-12/h3-9,11,15H,10H2,1-2H3,(H,19,21). The Kier molecular flexibility index (Phi) is 5.00. The monoisotopic (exact) mass is 287 g/mol. The Labute approximate surface area is 123 Å². The Hall–Kier alpha value is -2.27. The molecule has 0 saturated heterocycles. The summed E-state index contributed by atoms with van der Waals surface area (Å²) >= 11 is 0. The summed E-state index contributed by atoms with van der Waals surface area (Å²) in [5.74, 6) is -0.399. The predicted octanol–water partition coefficient (Wildman–Crippen LogP) is 2.14. The largest absolute Gasteiger partial charge is 0.350 e. The highest BCUT2D eigenvalue weighted by molar-refractivity contribution is 5.83. The molecule has 5 heteroatoms. The van der Waals surface area contributed by atoms with Crippen molar-refractivity contribution < 1.29 is 9.18 Å². The van der Waals surface area contributed by atoms with Gasteiger partial charge in [0.25, 0.3) is 0 Å². The maximum Gasteiger partial charge on any atom is 0.242 e. The number of halogens is 1. The second-order valence-electron chi connectivity index (χ2n) is 5.00. The van der Waals surface area contributed by atoms with E-state index in [1.165, 1.54) is 12.1 Å². The quantitative estimate of drug-likeness (QED) is 0.916. The second-order valence-corrected chi connectivity index (χ2v) is 5.00. The van der Waals surface area contributed by atoms with Crippen LogP contribution in [0.5, 0.6) is 0 Å². The van der Waals surface area contributed by atoms with Crippen LogP contribution in [0.4, 0.5) is 4.39 Å². The molecule has 2 rings (SSSR count). The zero-order valence-electron chi connectivity index (χ0n) is 12.1. The molecule has 0 aliphatic heterocycles. The summed E-state index contributed by atoms with van der Waals surface area (Å²) in [5, 5.41) is 2.87. The Morgan fingerprint density at radius 1 is 1.29 bits per heavy atom. The van der Waals surface area contributed by atoms with Crippen molar-refractivity contribution >= 4 is 5.91 Å². The van der Waals surface area contributed by atoms with Crippen LogP contribution in [0.1, 0.15) is 17.2 Å². The average molecular weight is 287 g/mol. The first-order valence-corrected chi connectivity index (χ1v) is 6.66. The van der Waals surface area contributed by atoms with Gasteiger partial charge in [0.2, 0.25) is 5.91 Å². The minimum atomic E-state index is -0.404. The lowest BCUT2D eigenvalue weighted by atomic mass is 10.1. The van der Waals surface area contributed by atoms with Crippen LogP contribution < -0.4 is 5.32 Å². The molecule has 0 spiro atoms. The summed E-state index contributed by atoms with van der Waals surface area (Å²) in [7, 11) is 3.68. The van der Waals surface area contributed by atoms with E-state index in [4.69, 9.17) is 0 Å². The molecule has 110 valence electrons. The van der Waals surface area contributed by atoms with Crippen LogP contribution in [0, 0.1) is 5.82 Å². The number of hydrogen-bond acceptors (Lipinski definition) is 3. The van der Waals surface area contributed by atoms with Gasteiger partial charge in [-0.25, -0.2) is 4.39 Å². The average Bonchev–Trinajstić information content (AvgIpc) is 2.47. The van der Waals surface area contributed by atoms with Crippen LogP contribution >= 0.6 is 0 Å². The molecular formula is C16H18FN3O. The minimum Gasteiger partial charge on any atom is -0.350 e. The molecule has 1 heterocycles. The predicted molar refractivity (Wildman–Crippen MR) is 78.9 cm³/mol. The van der Waals surface area contributed by atoms with E-state index in [0.717, 1.165) is 11.1 Å². The molecule has 4 nitrogen and oxygen atoms in total. The Morgan fingerprint density at radius 3 is 2.57 bits per heavy atom. The van der Waals surface area contributed by atoms with Gasteiger partial charge in [0.15, 0.2) is 0 Å². The zero-order chi connectivity index (χ0) is 15.2. The minimum absolute atomic E-state index is 0.114. The van der Waals surface area contributed by atoms with E-state index in [9.17, 15) is 9.18 Å². The highest BCUT2D eigenvalue weighted by atomic mass is 19.1. The van der Waals surface area contributed by atoms with Gasteiger partial charge in [0.05, 0.1) is 0 Å². The Balaban J connectivity index is 2.04. The van der Waals surface area contributed by atoms with Crippen LogP contribution in [-0.4, -0.2) is 29.9 Å². The van der Waals surface area contributed by atoms with Crippen molar-refractivity contribution in [2.45, 2.75) is 12.6 Å². The third-order valence-electron chi connectivity index (χ3n) is 3.14. The molecule has 1 amide bonds. The van der Waals surface area contributed by atoms with Crippen LogP contribution in [0.2, 0.25) is 0 Å². The first kappa shape index (κ1) is 15.1. The molecule has 0 aliphatic carbocycles. The number of likely N-dealkylation sites (N-methyl/N-ethyl adjacent to an activating group) is 1. The lowest BCUT2D eigenvalue weighted by Crippen LogP contribution is -2.36. The molecule has 0 bridgehead atoms. The highest BCUT2D eigenvalue weighted by Crippen LogP contribution is 2.17. The molecule has 0 aliphatic rings. The molecule has 1 atom stereocenters. The smallest absolute Gasteiger partial charge is 0.242 e. The number of amides is 1. The fourth-order valence-corrected chi connectivity index (χ4v) is 2.11. The summed E-state index contributed by atoms with van der Waals surface area (Å²) in [6.45, 7) is 0.365. The van der Waals surface area contributed by atoms with E-state index >= 15 is 0 Å². The van der Waals surface area contributed by atoms with Crippen LogP contribution in [0.25, 0.3) is 0 Å². The summed E-state index contributed by atoms with van der Waals surface area (Å²) in [6.07, 6.45) is 3.36. The molecule has 21 heavy (non-hydrogen) atoms. The van der Waals surface area contributed by atoms with Gasteiger partial charge in [-0.1, -0.05) is 18.2 Å². The molecule has 0 radical (unpaired) electrons. The number of carbonyl (C=O) groups excluding carboxylic acids is 1. The number of hydrogen-bond donors (Lipinski definition) is 1. The molecule has 0 fully saturated rings. The zero-order valence-corrected chi connectivity index (χ0v) is 12.1. The van der Waals surface area contributed by atoms with Crippen molar-refractivity contribution in [3.8, 4) is 0 Å². The number of rotatable bonds is 5. The van der Waals surface area contributed by atoms with Gasteiger partial charge in [-0.2, -0.15) is 0 Å². The molecule has 2 aromatic rings. The van der Waals surface area contributed by atoms with Gasteiger partial charge < -0.3 is 5.32 Å². The third-order valence-corrected chi connectivity index (χ3v) is 3.14. The van der Waals surface area contributed by atoms with Crippen molar-refractivity contribution in [2.24, 2.45) is 0 Å². The molecular weight excluding hydrogens is 269 g/mol. The van der Waals surface area contributed by atoms with Gasteiger partial charge in [0.1, 0.15) is 11.9 Å². The summed E-state index contributed by atoms with van der Waals surface area (Å²) < 4.78 is 12.8. The van der Waals surface area contributed by atoms with Crippen molar-refractivity contribution in [3.05, 3.63) is 65.7 Å². The fourth-order valence-electron chi connectivity index (χ4n) is 2.11. The van der Waals surface area contributed by atoms with E-state index in [2.05, 4.69) is 10.3 Å². The van der Waals surface area contributed by atoms with Crippen molar-refractivity contribution in [1.82, 2.24) is 15.2 Å². The normalized spacial score (nSPS) is 12.2. The summed E-state index contributed by atoms with van der Waals surface area (Å²) in [6, 6.07) is 9.35. The fraction of sp³-hybridized carbons (Fsp3) is 0.250. The van der Waals surface area contributed by atoms with Gasteiger partial charge in [-0.05, 0) is 43.4 Å². The van der Waals surface area contributed by atoms with Crippen LogP contribution in [-0.2, 0) is 11.3 Å². The molecule has 0 saturated carbocycles. The lowest BCUT2D eigenvalue weighted by molar-refractivity contribution is -0.125. The van der Waals surface area contributed by atoms with E-state index in [1.807, 2.05) is 25.1 Å². The SMILES string of the molecule is CN(C)C(C(=O)NCc1ccc(F)cc1)c1cccnc1. The Bertz CT molecular complexity index is 584. The number of nitrogens with zero attached hydrogens (tertiary/aromatic N) is 2.